The maximum atomic E-state index is 4.43. The van der Waals surface area contributed by atoms with E-state index in [9.17, 15) is 0 Å². The summed E-state index contributed by atoms with van der Waals surface area (Å²) in [5, 5.41) is 0. The van der Waals surface area contributed by atoms with Gasteiger partial charge in [0, 0.05) is 44.4 Å². The maximum Gasteiger partial charge on any atom is 0.0544 e. The lowest BCUT2D eigenvalue weighted by atomic mass is 10.2. The fourth-order valence-electron chi connectivity index (χ4n) is 2.36. The molecule has 3 aromatic heterocycles. The topological polar surface area (TPSA) is 41.9 Å². The summed E-state index contributed by atoms with van der Waals surface area (Å²) in [6, 6.07) is 16.1. The summed E-state index contributed by atoms with van der Waals surface area (Å²) in [6.07, 6.45) is 7.32. The normalized spacial score (nSPS) is 10.8. The molecule has 0 aromatic carbocycles. The van der Waals surface area contributed by atoms with Crippen molar-refractivity contribution in [2.45, 2.75) is 19.6 Å². The van der Waals surface area contributed by atoms with E-state index >= 15 is 0 Å². The monoisotopic (exact) mass is 290 g/mol. The lowest BCUT2D eigenvalue weighted by Gasteiger charge is -2.21. The van der Waals surface area contributed by atoms with E-state index in [1.165, 1.54) is 5.56 Å². The fourth-order valence-corrected chi connectivity index (χ4v) is 2.36. The van der Waals surface area contributed by atoms with E-state index in [0.717, 1.165) is 31.0 Å². The first-order chi connectivity index (χ1) is 10.9. The van der Waals surface area contributed by atoms with Crippen LogP contribution < -0.4 is 0 Å². The van der Waals surface area contributed by atoms with Gasteiger partial charge in [-0.25, -0.2) is 0 Å². The van der Waals surface area contributed by atoms with E-state index in [4.69, 9.17) is 0 Å². The molecule has 3 heterocycles. The first-order valence-corrected chi connectivity index (χ1v) is 7.31. The minimum Gasteiger partial charge on any atom is -0.287 e. The van der Waals surface area contributed by atoms with Crippen molar-refractivity contribution in [1.82, 2.24) is 19.9 Å². The van der Waals surface area contributed by atoms with Crippen LogP contribution in [0.1, 0.15) is 17.0 Å². The molecule has 0 fully saturated rings. The molecule has 22 heavy (non-hydrogen) atoms. The third-order valence-electron chi connectivity index (χ3n) is 3.38. The van der Waals surface area contributed by atoms with Crippen molar-refractivity contribution in [3.63, 3.8) is 0 Å². The zero-order valence-electron chi connectivity index (χ0n) is 12.3. The quantitative estimate of drug-likeness (QED) is 0.699. The molecule has 0 radical (unpaired) electrons. The summed E-state index contributed by atoms with van der Waals surface area (Å²) in [6.45, 7) is 2.43. The number of hydrogen-bond acceptors (Lipinski definition) is 4. The van der Waals surface area contributed by atoms with Gasteiger partial charge in [-0.3, -0.25) is 19.9 Å². The summed E-state index contributed by atoms with van der Waals surface area (Å²) >= 11 is 0. The third kappa shape index (κ3) is 4.20. The van der Waals surface area contributed by atoms with Gasteiger partial charge in [-0.2, -0.15) is 0 Å². The van der Waals surface area contributed by atoms with Gasteiger partial charge in [0.25, 0.3) is 0 Å². The molecule has 0 atom stereocenters. The highest BCUT2D eigenvalue weighted by molar-refractivity contribution is 5.11. The molecule has 0 aliphatic rings. The maximum absolute atomic E-state index is 4.43. The lowest BCUT2D eigenvalue weighted by Crippen LogP contribution is -2.23. The van der Waals surface area contributed by atoms with E-state index < -0.39 is 0 Å². The van der Waals surface area contributed by atoms with Gasteiger partial charge in [-0.1, -0.05) is 12.1 Å². The second-order valence-electron chi connectivity index (χ2n) is 5.14. The van der Waals surface area contributed by atoms with Crippen molar-refractivity contribution in [3.05, 3.63) is 90.3 Å². The van der Waals surface area contributed by atoms with E-state index in [1.54, 1.807) is 0 Å². The summed E-state index contributed by atoms with van der Waals surface area (Å²) in [7, 11) is 0. The van der Waals surface area contributed by atoms with Crippen molar-refractivity contribution in [2.75, 3.05) is 0 Å². The molecule has 110 valence electrons. The second-order valence-corrected chi connectivity index (χ2v) is 5.14. The number of rotatable bonds is 6. The molecule has 0 aliphatic heterocycles. The van der Waals surface area contributed by atoms with Crippen LogP contribution in [-0.4, -0.2) is 19.9 Å². The first kappa shape index (κ1) is 14.4. The Morgan fingerprint density at radius 1 is 0.636 bits per heavy atom. The molecule has 3 rings (SSSR count). The SMILES string of the molecule is c1ccc(CN(Cc2ccncc2)Cc2ccccn2)nc1. The van der Waals surface area contributed by atoms with Crippen LogP contribution in [0.5, 0.6) is 0 Å². The number of hydrogen-bond donors (Lipinski definition) is 0. The van der Waals surface area contributed by atoms with Crippen LogP contribution in [0.25, 0.3) is 0 Å². The van der Waals surface area contributed by atoms with Gasteiger partial charge in [0.05, 0.1) is 11.4 Å². The van der Waals surface area contributed by atoms with Crippen LogP contribution in [0.2, 0.25) is 0 Å². The van der Waals surface area contributed by atoms with Crippen LogP contribution in [0.3, 0.4) is 0 Å². The predicted molar refractivity (Wildman–Crippen MR) is 85.7 cm³/mol. The van der Waals surface area contributed by atoms with Gasteiger partial charge >= 0.3 is 0 Å². The van der Waals surface area contributed by atoms with E-state index in [1.807, 2.05) is 61.2 Å². The highest BCUT2D eigenvalue weighted by Crippen LogP contribution is 2.11. The Balaban J connectivity index is 1.75. The Morgan fingerprint density at radius 3 is 1.73 bits per heavy atom. The van der Waals surface area contributed by atoms with Crippen molar-refractivity contribution in [2.24, 2.45) is 0 Å². The molecule has 0 saturated carbocycles. The molecule has 0 unspecified atom stereocenters. The molecule has 0 spiro atoms. The average molecular weight is 290 g/mol. The van der Waals surface area contributed by atoms with Gasteiger partial charge in [-0.15, -0.1) is 0 Å². The summed E-state index contributed by atoms with van der Waals surface area (Å²) in [5.74, 6) is 0. The predicted octanol–water partition coefficient (Wildman–Crippen LogP) is 3.07. The van der Waals surface area contributed by atoms with Crippen molar-refractivity contribution in [3.8, 4) is 0 Å². The molecule has 3 aromatic rings. The number of aromatic nitrogens is 3. The smallest absolute Gasteiger partial charge is 0.0544 e. The van der Waals surface area contributed by atoms with E-state index in [2.05, 4.69) is 32.0 Å². The molecule has 0 bridgehead atoms. The zero-order valence-corrected chi connectivity index (χ0v) is 12.3. The molecular weight excluding hydrogens is 272 g/mol. The highest BCUT2D eigenvalue weighted by Gasteiger charge is 2.09. The van der Waals surface area contributed by atoms with E-state index in [-0.39, 0.29) is 0 Å². The van der Waals surface area contributed by atoms with Gasteiger partial charge in [0.2, 0.25) is 0 Å². The fraction of sp³-hybridized carbons (Fsp3) is 0.167. The first-order valence-electron chi connectivity index (χ1n) is 7.31. The standard InChI is InChI=1S/C18H18N4/c1-3-9-20-17(5-1)14-22(13-16-7-11-19-12-8-16)15-18-6-2-4-10-21-18/h1-12H,13-15H2. The summed E-state index contributed by atoms with van der Waals surface area (Å²) in [4.78, 5) is 15.3. The molecule has 0 amide bonds. The van der Waals surface area contributed by atoms with Gasteiger partial charge in [0.15, 0.2) is 0 Å². The van der Waals surface area contributed by atoms with Crippen molar-refractivity contribution >= 4 is 0 Å². The number of nitrogens with zero attached hydrogens (tertiary/aromatic N) is 4. The van der Waals surface area contributed by atoms with Gasteiger partial charge < -0.3 is 0 Å². The molecule has 0 N–H and O–H groups in total. The van der Waals surface area contributed by atoms with E-state index in [0.29, 0.717) is 0 Å². The Kier molecular flexibility index (Phi) is 4.85. The molecule has 4 nitrogen and oxygen atoms in total. The van der Waals surface area contributed by atoms with Crippen molar-refractivity contribution < 1.29 is 0 Å². The molecule has 4 heteroatoms. The minimum absolute atomic E-state index is 0.791. The Hall–Kier alpha value is -2.59. The van der Waals surface area contributed by atoms with Crippen LogP contribution >= 0.6 is 0 Å². The molecule has 0 aliphatic carbocycles. The Bertz CT molecular complexity index is 573. The summed E-state index contributed by atoms with van der Waals surface area (Å²) in [5.41, 5.74) is 3.36. The van der Waals surface area contributed by atoms with Gasteiger partial charge in [0.1, 0.15) is 0 Å². The molecular formula is C18H18N4. The van der Waals surface area contributed by atoms with Crippen LogP contribution in [0.15, 0.2) is 73.3 Å². The second kappa shape index (κ2) is 7.43. The Labute approximate surface area is 130 Å². The Morgan fingerprint density at radius 2 is 1.23 bits per heavy atom. The zero-order chi connectivity index (χ0) is 15.0. The number of pyridine rings is 3. The average Bonchev–Trinajstić information content (AvgIpc) is 2.57. The van der Waals surface area contributed by atoms with Crippen LogP contribution in [0.4, 0.5) is 0 Å². The molecule has 0 saturated heterocycles. The van der Waals surface area contributed by atoms with Crippen LogP contribution in [-0.2, 0) is 19.6 Å². The van der Waals surface area contributed by atoms with Crippen LogP contribution in [0, 0.1) is 0 Å². The third-order valence-corrected chi connectivity index (χ3v) is 3.38. The lowest BCUT2D eigenvalue weighted by molar-refractivity contribution is 0.241. The van der Waals surface area contributed by atoms with Gasteiger partial charge in [-0.05, 0) is 42.0 Å². The summed E-state index contributed by atoms with van der Waals surface area (Å²) < 4.78 is 0. The largest absolute Gasteiger partial charge is 0.287 e. The highest BCUT2D eigenvalue weighted by atomic mass is 15.1. The minimum atomic E-state index is 0.791. The van der Waals surface area contributed by atoms with Crippen molar-refractivity contribution in [1.29, 1.82) is 0 Å².